The number of likely N-dealkylation sites (tertiary alicyclic amines) is 1. The Morgan fingerprint density at radius 2 is 2.14 bits per heavy atom. The van der Waals surface area contributed by atoms with E-state index in [1.807, 2.05) is 0 Å². The maximum Gasteiger partial charge on any atom is 0.511 e. The van der Waals surface area contributed by atoms with Crippen molar-refractivity contribution in [1.82, 2.24) is 14.6 Å². The zero-order valence-electron chi connectivity index (χ0n) is 15.4. The predicted molar refractivity (Wildman–Crippen MR) is 93.0 cm³/mol. The van der Waals surface area contributed by atoms with Gasteiger partial charge in [0.05, 0.1) is 12.6 Å². The molecule has 1 fully saturated rings. The normalized spacial score (nSPS) is 20.8. The van der Waals surface area contributed by atoms with Crippen LogP contribution < -0.4 is 9.46 Å². The lowest BCUT2D eigenvalue weighted by molar-refractivity contribution is -0.139. The Morgan fingerprint density at radius 3 is 2.75 bits per heavy atom. The molecule has 1 amide bonds. The second-order valence-electron chi connectivity index (χ2n) is 6.34. The van der Waals surface area contributed by atoms with Crippen molar-refractivity contribution in [3.63, 3.8) is 0 Å². The summed E-state index contributed by atoms with van der Waals surface area (Å²) in [6.45, 7) is 1.50. The number of hydrogen-bond donors (Lipinski definition) is 1. The Hall–Kier alpha value is -1.92. The van der Waals surface area contributed by atoms with Gasteiger partial charge in [0.15, 0.2) is 6.61 Å². The maximum atomic E-state index is 12.7. The Morgan fingerprint density at radius 1 is 1.43 bits per heavy atom. The van der Waals surface area contributed by atoms with Crippen LogP contribution in [0.4, 0.5) is 13.2 Å². The third-order valence-electron chi connectivity index (χ3n) is 4.34. The minimum absolute atomic E-state index is 0.126. The Kier molecular flexibility index (Phi) is 7.23. The quantitative estimate of drug-likeness (QED) is 0.705. The van der Waals surface area contributed by atoms with Gasteiger partial charge in [0, 0.05) is 31.5 Å². The second-order valence-corrected chi connectivity index (χ2v) is 8.05. The van der Waals surface area contributed by atoms with Crippen molar-refractivity contribution < 1.29 is 35.9 Å². The highest BCUT2D eigenvalue weighted by Crippen LogP contribution is 2.26. The first-order valence-corrected chi connectivity index (χ1v) is 9.96. The number of hydrogen-bond acceptors (Lipinski definition) is 6. The fraction of sp³-hybridized carbons (Fsp3) is 0.625. The van der Waals surface area contributed by atoms with Crippen LogP contribution in [0.15, 0.2) is 18.3 Å². The van der Waals surface area contributed by atoms with Gasteiger partial charge in [0.2, 0.25) is 5.88 Å². The van der Waals surface area contributed by atoms with Gasteiger partial charge >= 0.3 is 15.5 Å². The van der Waals surface area contributed by atoms with E-state index in [2.05, 4.69) is 4.98 Å². The number of nitrogens with zero attached hydrogens (tertiary/aromatic N) is 2. The topological polar surface area (TPSA) is 97.8 Å². The molecule has 158 valence electrons. The van der Waals surface area contributed by atoms with Crippen LogP contribution in [-0.2, 0) is 19.6 Å². The van der Waals surface area contributed by atoms with Crippen molar-refractivity contribution in [2.45, 2.75) is 37.4 Å². The number of alkyl halides is 3. The number of aromatic nitrogens is 1. The SMILES string of the molecule is COCC1[C@@H](NS(=O)(=O)C(F)(F)F)CCCN1C(=O)COc1ncccc1C. The van der Waals surface area contributed by atoms with E-state index in [0.29, 0.717) is 6.42 Å². The van der Waals surface area contributed by atoms with Crippen LogP contribution in [0.3, 0.4) is 0 Å². The van der Waals surface area contributed by atoms with Crippen LogP contribution in [0.5, 0.6) is 5.88 Å². The number of rotatable bonds is 7. The third kappa shape index (κ3) is 5.32. The van der Waals surface area contributed by atoms with Crippen molar-refractivity contribution in [2.75, 3.05) is 26.9 Å². The lowest BCUT2D eigenvalue weighted by Gasteiger charge is -2.41. The molecule has 0 saturated carbocycles. The molecule has 0 aromatic carbocycles. The van der Waals surface area contributed by atoms with Gasteiger partial charge in [-0.15, -0.1) is 0 Å². The van der Waals surface area contributed by atoms with E-state index in [-0.39, 0.29) is 32.1 Å². The van der Waals surface area contributed by atoms with Crippen molar-refractivity contribution >= 4 is 15.9 Å². The summed E-state index contributed by atoms with van der Waals surface area (Å²) in [6.07, 6.45) is 1.98. The number of carbonyl (C=O) groups is 1. The molecule has 8 nitrogen and oxygen atoms in total. The van der Waals surface area contributed by atoms with E-state index in [1.165, 1.54) is 18.2 Å². The van der Waals surface area contributed by atoms with E-state index in [9.17, 15) is 26.4 Å². The molecule has 0 radical (unpaired) electrons. The summed E-state index contributed by atoms with van der Waals surface area (Å²) >= 11 is 0. The van der Waals surface area contributed by atoms with Crippen molar-refractivity contribution in [2.24, 2.45) is 0 Å². The van der Waals surface area contributed by atoms with Crippen molar-refractivity contribution in [3.05, 3.63) is 23.9 Å². The largest absolute Gasteiger partial charge is 0.511 e. The molecule has 1 aromatic heterocycles. The molecule has 1 aromatic rings. The monoisotopic (exact) mass is 425 g/mol. The number of piperidine rings is 1. The lowest BCUT2D eigenvalue weighted by atomic mass is 9.97. The zero-order chi connectivity index (χ0) is 20.9. The van der Waals surface area contributed by atoms with Crippen LogP contribution >= 0.6 is 0 Å². The molecule has 2 heterocycles. The summed E-state index contributed by atoms with van der Waals surface area (Å²) < 4.78 is 73.2. The Balaban J connectivity index is 2.11. The molecule has 12 heteroatoms. The average molecular weight is 425 g/mol. The minimum Gasteiger partial charge on any atom is -0.467 e. The smallest absolute Gasteiger partial charge is 0.467 e. The summed E-state index contributed by atoms with van der Waals surface area (Å²) in [4.78, 5) is 17.9. The number of sulfonamides is 1. The highest BCUT2D eigenvalue weighted by molar-refractivity contribution is 7.90. The minimum atomic E-state index is -5.54. The molecule has 1 aliphatic heterocycles. The van der Waals surface area contributed by atoms with Crippen LogP contribution in [0.25, 0.3) is 0 Å². The van der Waals surface area contributed by atoms with E-state index in [4.69, 9.17) is 9.47 Å². The second kappa shape index (κ2) is 9.05. The molecular formula is C16H22F3N3O5S. The van der Waals surface area contributed by atoms with E-state index >= 15 is 0 Å². The van der Waals surface area contributed by atoms with E-state index in [0.717, 1.165) is 5.56 Å². The third-order valence-corrected chi connectivity index (χ3v) is 5.56. The van der Waals surface area contributed by atoms with Gasteiger partial charge in [-0.05, 0) is 25.8 Å². The van der Waals surface area contributed by atoms with Gasteiger partial charge in [0.1, 0.15) is 0 Å². The Bertz CT molecular complexity index is 788. The predicted octanol–water partition coefficient (Wildman–Crippen LogP) is 1.21. The first kappa shape index (κ1) is 22.4. The average Bonchev–Trinajstić information content (AvgIpc) is 2.61. The highest BCUT2D eigenvalue weighted by atomic mass is 32.2. The maximum absolute atomic E-state index is 12.7. The standard InChI is InChI=1S/C16H22F3N3O5S/c1-11-5-3-7-20-15(11)27-10-14(23)22-8-4-6-12(13(22)9-26-2)21-28(24,25)16(17,18)19/h3,5,7,12-13,21H,4,6,8-10H2,1-2H3/t12-,13?/m0/s1. The number of halogens is 3. The summed E-state index contributed by atoms with van der Waals surface area (Å²) in [5.41, 5.74) is -4.71. The van der Waals surface area contributed by atoms with Crippen LogP contribution in [0.2, 0.25) is 0 Å². The first-order valence-electron chi connectivity index (χ1n) is 8.48. The van der Waals surface area contributed by atoms with Gasteiger partial charge in [-0.25, -0.2) is 18.1 Å². The fourth-order valence-electron chi connectivity index (χ4n) is 2.98. The highest BCUT2D eigenvalue weighted by Gasteiger charge is 2.48. The Labute approximate surface area is 161 Å². The number of aryl methyl sites for hydroxylation is 1. The molecule has 1 N–H and O–H groups in total. The number of amides is 1. The number of pyridine rings is 1. The summed E-state index contributed by atoms with van der Waals surface area (Å²) in [5, 5.41) is 0. The number of nitrogens with one attached hydrogen (secondary N) is 1. The van der Waals surface area contributed by atoms with Gasteiger partial charge in [0.25, 0.3) is 5.91 Å². The molecule has 1 saturated heterocycles. The zero-order valence-corrected chi connectivity index (χ0v) is 16.2. The van der Waals surface area contributed by atoms with Crippen molar-refractivity contribution in [1.29, 1.82) is 0 Å². The van der Waals surface area contributed by atoms with Gasteiger partial charge < -0.3 is 14.4 Å². The molecule has 0 bridgehead atoms. The number of carbonyl (C=O) groups excluding carboxylic acids is 1. The number of ether oxygens (including phenoxy) is 2. The van der Waals surface area contributed by atoms with Crippen LogP contribution in [0.1, 0.15) is 18.4 Å². The fourth-order valence-corrected chi connectivity index (χ4v) is 3.79. The summed E-state index contributed by atoms with van der Waals surface area (Å²) in [6, 6.07) is 1.45. The van der Waals surface area contributed by atoms with Crippen molar-refractivity contribution in [3.8, 4) is 5.88 Å². The van der Waals surface area contributed by atoms with Crippen LogP contribution in [0, 0.1) is 6.92 Å². The molecular weight excluding hydrogens is 403 g/mol. The van der Waals surface area contributed by atoms with Gasteiger partial charge in [-0.2, -0.15) is 13.2 Å². The first-order chi connectivity index (χ1) is 13.1. The molecule has 1 unspecified atom stereocenters. The molecule has 2 rings (SSSR count). The molecule has 28 heavy (non-hydrogen) atoms. The number of methoxy groups -OCH3 is 1. The summed E-state index contributed by atoms with van der Waals surface area (Å²) in [5.74, 6) is -0.228. The van der Waals surface area contributed by atoms with Gasteiger partial charge in [-0.3, -0.25) is 4.79 Å². The molecule has 1 aliphatic rings. The lowest BCUT2D eigenvalue weighted by Crippen LogP contribution is -2.60. The van der Waals surface area contributed by atoms with E-state index < -0.39 is 33.5 Å². The van der Waals surface area contributed by atoms with E-state index in [1.54, 1.807) is 23.8 Å². The molecule has 2 atom stereocenters. The van der Waals surface area contributed by atoms with Gasteiger partial charge in [-0.1, -0.05) is 6.07 Å². The van der Waals surface area contributed by atoms with Crippen LogP contribution in [-0.4, -0.2) is 68.7 Å². The molecule has 0 aliphatic carbocycles. The summed E-state index contributed by atoms with van der Waals surface area (Å²) in [7, 11) is -4.22. The molecule has 0 spiro atoms.